The molecule has 0 bridgehead atoms. The molecule has 0 atom stereocenters. The Balaban J connectivity index is 2.42. The Morgan fingerprint density at radius 2 is 1.35 bits per heavy atom. The zero-order valence-electron chi connectivity index (χ0n) is 12.1. The van der Waals surface area contributed by atoms with E-state index in [9.17, 15) is 29.7 Å². The first kappa shape index (κ1) is 14.8. The van der Waals surface area contributed by atoms with Gasteiger partial charge in [-0.05, 0) is 0 Å². The minimum atomic E-state index is -0.895. The first-order valence-electron chi connectivity index (χ1n) is 6.92. The van der Waals surface area contributed by atoms with E-state index in [2.05, 4.69) is 0 Å². The number of phenolic OH excluding ortho intramolecular Hbond substituents is 3. The van der Waals surface area contributed by atoms with Gasteiger partial charge in [0.2, 0.25) is 0 Å². The van der Waals surface area contributed by atoms with Crippen LogP contribution in [0.4, 0.5) is 0 Å². The highest BCUT2D eigenvalue weighted by atomic mass is 16.3. The molecule has 3 N–H and O–H groups in total. The second kappa shape index (κ2) is 4.95. The number of hydrogen-bond donors (Lipinski definition) is 3. The number of phenols is 3. The Labute approximate surface area is 130 Å². The van der Waals surface area contributed by atoms with Crippen LogP contribution >= 0.6 is 0 Å². The fraction of sp³-hybridized carbons (Fsp3) is 0.118. The van der Waals surface area contributed by atoms with Gasteiger partial charge in [-0.3, -0.25) is 14.4 Å². The monoisotopic (exact) mass is 312 g/mol. The Hall–Kier alpha value is -3.15. The van der Waals surface area contributed by atoms with E-state index in [4.69, 9.17) is 0 Å². The zero-order valence-corrected chi connectivity index (χ0v) is 12.1. The lowest BCUT2D eigenvalue weighted by Gasteiger charge is -2.21. The van der Waals surface area contributed by atoms with Crippen LogP contribution in [0, 0.1) is 0 Å². The third-order valence-electron chi connectivity index (χ3n) is 3.89. The molecule has 0 heterocycles. The summed E-state index contributed by atoms with van der Waals surface area (Å²) in [5, 5.41) is 30.4. The van der Waals surface area contributed by atoms with E-state index in [1.54, 1.807) is 12.1 Å². The molecule has 0 saturated carbocycles. The second-order valence-electron chi connectivity index (χ2n) is 5.15. The summed E-state index contributed by atoms with van der Waals surface area (Å²) in [5.41, 5.74) is -1.37. The molecule has 0 aliphatic heterocycles. The van der Waals surface area contributed by atoms with Crippen LogP contribution in [0.25, 0.3) is 0 Å². The number of carbonyl (C=O) groups is 3. The topological polar surface area (TPSA) is 112 Å². The Bertz CT molecular complexity index is 894. The summed E-state index contributed by atoms with van der Waals surface area (Å²) >= 11 is 0. The minimum Gasteiger partial charge on any atom is -0.506 e. The molecule has 0 unspecified atom stereocenters. The number of ketones is 3. The van der Waals surface area contributed by atoms with Crippen LogP contribution in [-0.2, 0) is 0 Å². The fourth-order valence-electron chi connectivity index (χ4n) is 2.74. The molecule has 23 heavy (non-hydrogen) atoms. The highest BCUT2D eigenvalue weighted by molar-refractivity contribution is 6.31. The van der Waals surface area contributed by atoms with E-state index in [0.717, 1.165) is 0 Å². The van der Waals surface area contributed by atoms with Gasteiger partial charge in [-0.25, -0.2) is 0 Å². The molecule has 1 aliphatic rings. The summed E-state index contributed by atoms with van der Waals surface area (Å²) in [5.74, 6) is -4.59. The summed E-state index contributed by atoms with van der Waals surface area (Å²) in [6.07, 6.45) is -0.0575. The molecule has 2 aromatic carbocycles. The molecule has 0 radical (unpaired) electrons. The molecule has 0 fully saturated rings. The number of carbonyl (C=O) groups excluding carboxylic acids is 3. The molecular weight excluding hydrogens is 300 g/mol. The van der Waals surface area contributed by atoms with Gasteiger partial charge >= 0.3 is 0 Å². The van der Waals surface area contributed by atoms with Crippen molar-refractivity contribution in [2.45, 2.75) is 13.3 Å². The van der Waals surface area contributed by atoms with Crippen molar-refractivity contribution >= 4 is 17.3 Å². The molecule has 3 rings (SSSR count). The summed E-state index contributed by atoms with van der Waals surface area (Å²) in [7, 11) is 0. The molecule has 6 nitrogen and oxygen atoms in total. The van der Waals surface area contributed by atoms with E-state index in [1.165, 1.54) is 19.1 Å². The molecule has 2 aromatic rings. The van der Waals surface area contributed by atoms with E-state index < -0.39 is 51.3 Å². The molecule has 0 spiro atoms. The molecular formula is C17H12O6. The van der Waals surface area contributed by atoms with Gasteiger partial charge in [-0.2, -0.15) is 0 Å². The smallest absolute Gasteiger partial charge is 0.198 e. The predicted molar refractivity (Wildman–Crippen MR) is 79.4 cm³/mol. The third kappa shape index (κ3) is 1.85. The summed E-state index contributed by atoms with van der Waals surface area (Å²) in [6, 6.07) is 5.95. The van der Waals surface area contributed by atoms with Gasteiger partial charge in [-0.1, -0.05) is 31.2 Å². The largest absolute Gasteiger partial charge is 0.506 e. The molecule has 6 heteroatoms. The van der Waals surface area contributed by atoms with Gasteiger partial charge in [0.25, 0.3) is 0 Å². The van der Waals surface area contributed by atoms with Crippen molar-refractivity contribution in [1.29, 1.82) is 0 Å². The van der Waals surface area contributed by atoms with Crippen LogP contribution < -0.4 is 0 Å². The van der Waals surface area contributed by atoms with Crippen LogP contribution in [-0.4, -0.2) is 32.7 Å². The van der Waals surface area contributed by atoms with Gasteiger partial charge < -0.3 is 15.3 Å². The van der Waals surface area contributed by atoms with Crippen LogP contribution in [0.3, 0.4) is 0 Å². The third-order valence-corrected chi connectivity index (χ3v) is 3.89. The van der Waals surface area contributed by atoms with E-state index >= 15 is 0 Å². The average molecular weight is 312 g/mol. The average Bonchev–Trinajstić information content (AvgIpc) is 2.55. The second-order valence-corrected chi connectivity index (χ2v) is 5.15. The maximum atomic E-state index is 12.6. The molecule has 1 aliphatic carbocycles. The fourth-order valence-corrected chi connectivity index (χ4v) is 2.74. The lowest BCUT2D eigenvalue weighted by atomic mass is 9.81. The number of benzene rings is 2. The van der Waals surface area contributed by atoms with Crippen molar-refractivity contribution < 1.29 is 29.7 Å². The van der Waals surface area contributed by atoms with Crippen LogP contribution in [0.5, 0.6) is 17.2 Å². The Morgan fingerprint density at radius 1 is 0.870 bits per heavy atom. The van der Waals surface area contributed by atoms with Gasteiger partial charge in [0, 0.05) is 17.5 Å². The van der Waals surface area contributed by atoms with Crippen molar-refractivity contribution in [2.75, 3.05) is 0 Å². The van der Waals surface area contributed by atoms with Crippen molar-refractivity contribution in [3.8, 4) is 17.2 Å². The first-order valence-corrected chi connectivity index (χ1v) is 6.92. The van der Waals surface area contributed by atoms with Gasteiger partial charge in [-0.15, -0.1) is 0 Å². The lowest BCUT2D eigenvalue weighted by Crippen LogP contribution is -2.22. The van der Waals surface area contributed by atoms with Crippen LogP contribution in [0.15, 0.2) is 24.3 Å². The summed E-state index contributed by atoms with van der Waals surface area (Å²) in [6.45, 7) is 1.50. The molecule has 116 valence electrons. The highest BCUT2D eigenvalue weighted by Gasteiger charge is 2.38. The minimum absolute atomic E-state index is 0.0575. The quantitative estimate of drug-likeness (QED) is 0.380. The van der Waals surface area contributed by atoms with Crippen molar-refractivity contribution in [2.24, 2.45) is 0 Å². The predicted octanol–water partition coefficient (Wildman–Crippen LogP) is 2.17. The summed E-state index contributed by atoms with van der Waals surface area (Å²) < 4.78 is 0. The Morgan fingerprint density at radius 3 is 1.83 bits per heavy atom. The van der Waals surface area contributed by atoms with E-state index in [1.807, 2.05) is 0 Å². The SMILES string of the molecule is CCC(=O)c1c(O)c(O)c2c(c1O)C(=O)c1ccccc1C2=O. The van der Waals surface area contributed by atoms with Crippen molar-refractivity contribution in [1.82, 2.24) is 0 Å². The molecule has 0 amide bonds. The molecule has 0 aromatic heterocycles. The number of hydrogen-bond acceptors (Lipinski definition) is 6. The first-order chi connectivity index (χ1) is 10.9. The highest BCUT2D eigenvalue weighted by Crippen LogP contribution is 2.46. The van der Waals surface area contributed by atoms with Gasteiger partial charge in [0.1, 0.15) is 11.3 Å². The number of rotatable bonds is 2. The van der Waals surface area contributed by atoms with Crippen molar-refractivity contribution in [3.05, 3.63) is 52.1 Å². The van der Waals surface area contributed by atoms with Crippen molar-refractivity contribution in [3.63, 3.8) is 0 Å². The number of fused-ring (bicyclic) bond motifs is 2. The standard InChI is InChI=1S/C17H12O6/c1-2-9(18)10-15(21)11-12(17(23)16(10)22)14(20)8-6-4-3-5-7(8)13(11)19/h3-6,21-23H,2H2,1H3. The zero-order chi connectivity index (χ0) is 16.9. The normalized spacial score (nSPS) is 12.7. The number of aromatic hydroxyl groups is 3. The summed E-state index contributed by atoms with van der Waals surface area (Å²) in [4.78, 5) is 37.0. The molecule has 0 saturated heterocycles. The van der Waals surface area contributed by atoms with Gasteiger partial charge in [0.05, 0.1) is 11.1 Å². The van der Waals surface area contributed by atoms with E-state index in [0.29, 0.717) is 0 Å². The van der Waals surface area contributed by atoms with Gasteiger partial charge in [0.15, 0.2) is 28.8 Å². The van der Waals surface area contributed by atoms with Crippen LogP contribution in [0.1, 0.15) is 55.5 Å². The maximum Gasteiger partial charge on any atom is 0.198 e. The maximum absolute atomic E-state index is 12.6. The van der Waals surface area contributed by atoms with E-state index in [-0.39, 0.29) is 17.5 Å². The lowest BCUT2D eigenvalue weighted by molar-refractivity contribution is 0.0964. The van der Waals surface area contributed by atoms with Crippen LogP contribution in [0.2, 0.25) is 0 Å². The number of Topliss-reactive ketones (excluding diaryl/α,β-unsaturated/α-hetero) is 1. The Kier molecular flexibility index (Phi) is 3.18.